The smallest absolute Gasteiger partial charge is 0.226 e. The Balaban J connectivity index is 2.95. The van der Waals surface area contributed by atoms with Crippen molar-refractivity contribution in [2.45, 2.75) is 26.7 Å². The van der Waals surface area contributed by atoms with E-state index in [2.05, 4.69) is 0 Å². The zero-order valence-electron chi connectivity index (χ0n) is 11.6. The Morgan fingerprint density at radius 2 is 2.00 bits per heavy atom. The molecule has 100 valence electrons. The van der Waals surface area contributed by atoms with Crippen LogP contribution in [-0.4, -0.2) is 26.6 Å². The van der Waals surface area contributed by atoms with Gasteiger partial charge in [0.25, 0.3) is 0 Å². The third kappa shape index (κ3) is 3.23. The lowest BCUT2D eigenvalue weighted by Crippen LogP contribution is -2.27. The molecule has 2 N–H and O–H groups in total. The van der Waals surface area contributed by atoms with Crippen molar-refractivity contribution >= 4 is 11.6 Å². The lowest BCUT2D eigenvalue weighted by atomic mass is 10.1. The summed E-state index contributed by atoms with van der Waals surface area (Å²) in [6.45, 7) is 4.49. The maximum Gasteiger partial charge on any atom is 0.226 e. The molecule has 18 heavy (non-hydrogen) atoms. The highest BCUT2D eigenvalue weighted by Crippen LogP contribution is 2.28. The monoisotopic (exact) mass is 250 g/mol. The number of methoxy groups -OCH3 is 1. The van der Waals surface area contributed by atoms with Gasteiger partial charge in [-0.15, -0.1) is 0 Å². The van der Waals surface area contributed by atoms with Crippen LogP contribution < -0.4 is 15.4 Å². The minimum absolute atomic E-state index is 0.0908. The van der Waals surface area contributed by atoms with E-state index in [-0.39, 0.29) is 5.91 Å². The van der Waals surface area contributed by atoms with Crippen LogP contribution in [0.15, 0.2) is 12.1 Å². The summed E-state index contributed by atoms with van der Waals surface area (Å²) in [5.74, 6) is 0.937. The van der Waals surface area contributed by atoms with Crippen molar-refractivity contribution in [3.05, 3.63) is 23.3 Å². The molecular formula is C14H22N2O2. The predicted molar refractivity (Wildman–Crippen MR) is 74.2 cm³/mol. The highest BCUT2D eigenvalue weighted by molar-refractivity contribution is 5.93. The van der Waals surface area contributed by atoms with E-state index in [4.69, 9.17) is 10.5 Å². The lowest BCUT2D eigenvalue weighted by molar-refractivity contribution is -0.118. The van der Waals surface area contributed by atoms with Crippen molar-refractivity contribution in [1.82, 2.24) is 0 Å². The number of amides is 1. The summed E-state index contributed by atoms with van der Waals surface area (Å²) in [6, 6.07) is 3.94. The van der Waals surface area contributed by atoms with Gasteiger partial charge in [-0.05, 0) is 50.1 Å². The van der Waals surface area contributed by atoms with Crippen LogP contribution in [0, 0.1) is 13.8 Å². The van der Waals surface area contributed by atoms with Crippen molar-refractivity contribution < 1.29 is 9.53 Å². The minimum Gasteiger partial charge on any atom is -0.496 e. The molecule has 0 saturated heterocycles. The molecule has 0 atom stereocenters. The second kappa shape index (κ2) is 6.40. The summed E-state index contributed by atoms with van der Waals surface area (Å²) in [6.07, 6.45) is 1.20. The van der Waals surface area contributed by atoms with Crippen molar-refractivity contribution in [3.63, 3.8) is 0 Å². The number of nitrogens with two attached hydrogens (primary N) is 1. The molecular weight excluding hydrogens is 228 g/mol. The first-order valence-corrected chi connectivity index (χ1v) is 6.13. The van der Waals surface area contributed by atoms with Crippen LogP contribution in [0.4, 0.5) is 5.69 Å². The van der Waals surface area contributed by atoms with Gasteiger partial charge in [0.05, 0.1) is 7.11 Å². The highest BCUT2D eigenvalue weighted by Gasteiger charge is 2.14. The fraction of sp³-hybridized carbons (Fsp3) is 0.500. The topological polar surface area (TPSA) is 55.6 Å². The van der Waals surface area contributed by atoms with Crippen LogP contribution in [0.2, 0.25) is 0 Å². The molecule has 0 saturated carbocycles. The number of rotatable bonds is 5. The Morgan fingerprint density at radius 3 is 2.56 bits per heavy atom. The molecule has 0 aliphatic rings. The van der Waals surface area contributed by atoms with Crippen LogP contribution in [0.1, 0.15) is 24.0 Å². The normalized spacial score (nSPS) is 10.3. The van der Waals surface area contributed by atoms with Crippen LogP contribution in [0.25, 0.3) is 0 Å². The SMILES string of the molecule is COc1cc(C)c(N(C)C(=O)CCCN)cc1C. The Kier molecular flexibility index (Phi) is 5.16. The molecule has 1 aromatic carbocycles. The number of anilines is 1. The van der Waals surface area contributed by atoms with Gasteiger partial charge in [0.1, 0.15) is 5.75 Å². The Labute approximate surface area is 109 Å². The van der Waals surface area contributed by atoms with Crippen molar-refractivity contribution in [1.29, 1.82) is 0 Å². The first-order chi connectivity index (χ1) is 8.51. The quantitative estimate of drug-likeness (QED) is 0.869. The maximum absolute atomic E-state index is 12.0. The van der Waals surface area contributed by atoms with E-state index in [1.54, 1.807) is 19.1 Å². The number of ether oxygens (including phenoxy) is 1. The van der Waals surface area contributed by atoms with E-state index in [1.165, 1.54) is 0 Å². The average molecular weight is 250 g/mol. The van der Waals surface area contributed by atoms with E-state index in [0.717, 1.165) is 29.0 Å². The van der Waals surface area contributed by atoms with Gasteiger partial charge in [-0.25, -0.2) is 0 Å². The molecule has 1 amide bonds. The Morgan fingerprint density at radius 1 is 1.33 bits per heavy atom. The van der Waals surface area contributed by atoms with Gasteiger partial charge in [0, 0.05) is 19.2 Å². The molecule has 4 heteroatoms. The number of aryl methyl sites for hydroxylation is 2. The van der Waals surface area contributed by atoms with E-state index in [9.17, 15) is 4.79 Å². The van der Waals surface area contributed by atoms with E-state index in [0.29, 0.717) is 13.0 Å². The lowest BCUT2D eigenvalue weighted by Gasteiger charge is -2.21. The zero-order valence-corrected chi connectivity index (χ0v) is 11.6. The van der Waals surface area contributed by atoms with Gasteiger partial charge in [0.15, 0.2) is 0 Å². The second-order valence-electron chi connectivity index (χ2n) is 4.45. The van der Waals surface area contributed by atoms with Crippen LogP contribution in [0.3, 0.4) is 0 Å². The molecule has 0 fully saturated rings. The molecule has 0 bridgehead atoms. The summed E-state index contributed by atoms with van der Waals surface area (Å²) in [7, 11) is 3.45. The van der Waals surface area contributed by atoms with Gasteiger partial charge in [-0.2, -0.15) is 0 Å². The van der Waals surface area contributed by atoms with Gasteiger partial charge in [-0.3, -0.25) is 4.79 Å². The number of nitrogens with zero attached hydrogens (tertiary/aromatic N) is 1. The predicted octanol–water partition coefficient (Wildman–Crippen LogP) is 2.01. The van der Waals surface area contributed by atoms with Gasteiger partial charge < -0.3 is 15.4 Å². The van der Waals surface area contributed by atoms with Crippen LogP contribution in [0.5, 0.6) is 5.75 Å². The fourth-order valence-electron chi connectivity index (χ4n) is 1.91. The third-order valence-electron chi connectivity index (χ3n) is 3.04. The molecule has 0 radical (unpaired) electrons. The fourth-order valence-corrected chi connectivity index (χ4v) is 1.91. The van der Waals surface area contributed by atoms with Crippen LogP contribution in [-0.2, 0) is 4.79 Å². The molecule has 0 spiro atoms. The zero-order chi connectivity index (χ0) is 13.7. The summed E-state index contributed by atoms with van der Waals surface area (Å²) in [5, 5.41) is 0. The van der Waals surface area contributed by atoms with Crippen molar-refractivity contribution in [2.24, 2.45) is 5.73 Å². The second-order valence-corrected chi connectivity index (χ2v) is 4.45. The summed E-state index contributed by atoms with van der Waals surface area (Å²) >= 11 is 0. The number of hydrogen-bond acceptors (Lipinski definition) is 3. The van der Waals surface area contributed by atoms with Gasteiger partial charge in [-0.1, -0.05) is 0 Å². The first-order valence-electron chi connectivity index (χ1n) is 6.13. The largest absolute Gasteiger partial charge is 0.496 e. The summed E-state index contributed by atoms with van der Waals surface area (Å²) in [5.41, 5.74) is 8.40. The summed E-state index contributed by atoms with van der Waals surface area (Å²) in [4.78, 5) is 13.7. The summed E-state index contributed by atoms with van der Waals surface area (Å²) < 4.78 is 5.27. The van der Waals surface area contributed by atoms with E-state index < -0.39 is 0 Å². The minimum atomic E-state index is 0.0908. The van der Waals surface area contributed by atoms with Crippen molar-refractivity contribution in [3.8, 4) is 5.75 Å². The Bertz CT molecular complexity index is 430. The maximum atomic E-state index is 12.0. The molecule has 0 aromatic heterocycles. The average Bonchev–Trinajstić information content (AvgIpc) is 2.37. The molecule has 1 rings (SSSR count). The van der Waals surface area contributed by atoms with E-state index >= 15 is 0 Å². The number of carbonyl (C=O) groups is 1. The molecule has 0 unspecified atom stereocenters. The van der Waals surface area contributed by atoms with Gasteiger partial charge >= 0.3 is 0 Å². The standard InChI is InChI=1S/C14H22N2O2/c1-10-9-13(18-4)11(2)8-12(10)16(3)14(17)6-5-7-15/h8-9H,5-7,15H2,1-4H3. The molecule has 0 heterocycles. The molecule has 0 aliphatic heterocycles. The molecule has 1 aromatic rings. The highest BCUT2D eigenvalue weighted by atomic mass is 16.5. The number of carbonyl (C=O) groups excluding carboxylic acids is 1. The van der Waals surface area contributed by atoms with E-state index in [1.807, 2.05) is 26.0 Å². The number of benzene rings is 1. The van der Waals surface area contributed by atoms with Gasteiger partial charge in [0.2, 0.25) is 5.91 Å². The molecule has 0 aliphatic carbocycles. The molecule has 4 nitrogen and oxygen atoms in total. The van der Waals surface area contributed by atoms with Crippen molar-refractivity contribution in [2.75, 3.05) is 25.6 Å². The number of hydrogen-bond donors (Lipinski definition) is 1. The third-order valence-corrected chi connectivity index (χ3v) is 3.04. The van der Waals surface area contributed by atoms with Crippen LogP contribution >= 0.6 is 0 Å². The first kappa shape index (κ1) is 14.5. The Hall–Kier alpha value is -1.55.